The number of morpholine rings is 1. The van der Waals surface area contributed by atoms with Crippen LogP contribution in [0.2, 0.25) is 10.0 Å². The van der Waals surface area contributed by atoms with E-state index >= 15 is 0 Å². The van der Waals surface area contributed by atoms with Gasteiger partial charge in [0.1, 0.15) is 10.7 Å². The molecule has 150 valence electrons. The number of carbonyl (C=O) groups is 1. The van der Waals surface area contributed by atoms with Gasteiger partial charge in [-0.1, -0.05) is 41.4 Å². The van der Waals surface area contributed by atoms with Gasteiger partial charge in [0.05, 0.1) is 28.8 Å². The van der Waals surface area contributed by atoms with E-state index in [9.17, 15) is 17.6 Å². The fraction of sp³-hybridized carbons (Fsp3) is 0.278. The Morgan fingerprint density at radius 1 is 1.14 bits per heavy atom. The van der Waals surface area contributed by atoms with E-state index in [0.29, 0.717) is 5.56 Å². The highest BCUT2D eigenvalue weighted by molar-refractivity contribution is 7.89. The molecule has 1 fully saturated rings. The number of halogens is 3. The van der Waals surface area contributed by atoms with E-state index in [1.807, 2.05) is 0 Å². The van der Waals surface area contributed by atoms with Crippen LogP contribution in [0, 0.1) is 5.82 Å². The molecule has 1 heterocycles. The zero-order valence-corrected chi connectivity index (χ0v) is 17.0. The number of amides is 1. The second kappa shape index (κ2) is 8.75. The van der Waals surface area contributed by atoms with Crippen LogP contribution < -0.4 is 5.32 Å². The maximum Gasteiger partial charge on any atom is 0.253 e. The largest absolute Gasteiger partial charge is 0.379 e. The van der Waals surface area contributed by atoms with Crippen molar-refractivity contribution in [2.75, 3.05) is 26.3 Å². The summed E-state index contributed by atoms with van der Waals surface area (Å²) in [5.74, 6) is -1.09. The van der Waals surface area contributed by atoms with Crippen LogP contribution in [0.1, 0.15) is 15.9 Å². The molecule has 1 aliphatic rings. The Morgan fingerprint density at radius 2 is 1.82 bits per heavy atom. The molecule has 0 unspecified atom stereocenters. The van der Waals surface area contributed by atoms with Crippen molar-refractivity contribution in [1.82, 2.24) is 9.62 Å². The number of benzene rings is 2. The molecule has 0 aliphatic carbocycles. The van der Waals surface area contributed by atoms with Gasteiger partial charge in [-0.3, -0.25) is 4.79 Å². The number of rotatable bonds is 5. The molecule has 0 radical (unpaired) electrons. The zero-order chi connectivity index (χ0) is 20.3. The number of hydrogen-bond acceptors (Lipinski definition) is 4. The third-order valence-corrected chi connectivity index (χ3v) is 6.93. The number of nitrogens with one attached hydrogen (secondary N) is 1. The van der Waals surface area contributed by atoms with Crippen LogP contribution in [-0.4, -0.2) is 44.9 Å². The van der Waals surface area contributed by atoms with Gasteiger partial charge in [0.25, 0.3) is 5.91 Å². The molecule has 1 saturated heterocycles. The van der Waals surface area contributed by atoms with Crippen LogP contribution in [0.5, 0.6) is 0 Å². The minimum Gasteiger partial charge on any atom is -0.379 e. The molecule has 0 aromatic heterocycles. The van der Waals surface area contributed by atoms with Crippen molar-refractivity contribution in [1.29, 1.82) is 0 Å². The Kier molecular flexibility index (Phi) is 6.57. The van der Waals surface area contributed by atoms with E-state index in [-0.39, 0.29) is 53.4 Å². The van der Waals surface area contributed by atoms with Crippen molar-refractivity contribution in [2.24, 2.45) is 0 Å². The number of ether oxygens (including phenoxy) is 1. The van der Waals surface area contributed by atoms with Crippen molar-refractivity contribution in [2.45, 2.75) is 11.4 Å². The molecular weight excluding hydrogens is 430 g/mol. The predicted molar refractivity (Wildman–Crippen MR) is 104 cm³/mol. The molecule has 0 atom stereocenters. The first kappa shape index (κ1) is 21.0. The maximum atomic E-state index is 13.7. The highest BCUT2D eigenvalue weighted by Gasteiger charge is 2.30. The van der Waals surface area contributed by atoms with Crippen molar-refractivity contribution in [3.8, 4) is 0 Å². The van der Waals surface area contributed by atoms with Crippen molar-refractivity contribution in [3.05, 3.63) is 63.4 Å². The zero-order valence-electron chi connectivity index (χ0n) is 14.6. The summed E-state index contributed by atoms with van der Waals surface area (Å²) in [6.45, 7) is 0.864. The molecule has 3 rings (SSSR count). The number of carbonyl (C=O) groups excluding carboxylic acids is 1. The molecule has 2 aromatic rings. The summed E-state index contributed by atoms with van der Waals surface area (Å²) in [6.07, 6.45) is 0. The summed E-state index contributed by atoms with van der Waals surface area (Å²) in [7, 11) is -3.92. The maximum absolute atomic E-state index is 13.7. The van der Waals surface area contributed by atoms with Gasteiger partial charge >= 0.3 is 0 Å². The minimum absolute atomic E-state index is 0.00281. The van der Waals surface area contributed by atoms with Gasteiger partial charge in [-0.2, -0.15) is 4.31 Å². The molecule has 0 bridgehead atoms. The predicted octanol–water partition coefficient (Wildman–Crippen LogP) is 3.08. The van der Waals surface area contributed by atoms with E-state index in [0.717, 1.165) is 6.07 Å². The number of hydrogen-bond donors (Lipinski definition) is 1. The second-order valence-electron chi connectivity index (χ2n) is 6.05. The molecule has 0 spiro atoms. The molecule has 1 N–H and O–H groups in total. The van der Waals surface area contributed by atoms with Gasteiger partial charge in [0.2, 0.25) is 10.0 Å². The van der Waals surface area contributed by atoms with E-state index in [1.54, 1.807) is 12.1 Å². The topological polar surface area (TPSA) is 75.7 Å². The molecule has 1 aliphatic heterocycles. The fourth-order valence-corrected chi connectivity index (χ4v) is 4.98. The van der Waals surface area contributed by atoms with Crippen LogP contribution in [0.15, 0.2) is 41.3 Å². The Morgan fingerprint density at radius 3 is 2.50 bits per heavy atom. The molecule has 10 heteroatoms. The van der Waals surface area contributed by atoms with Gasteiger partial charge in [-0.05, 0) is 18.2 Å². The highest BCUT2D eigenvalue weighted by atomic mass is 35.5. The average molecular weight is 447 g/mol. The summed E-state index contributed by atoms with van der Waals surface area (Å²) < 4.78 is 45.9. The van der Waals surface area contributed by atoms with Gasteiger partial charge in [-0.15, -0.1) is 0 Å². The Bertz CT molecular complexity index is 995. The van der Waals surface area contributed by atoms with Crippen LogP contribution in [0.25, 0.3) is 0 Å². The summed E-state index contributed by atoms with van der Waals surface area (Å²) in [5.41, 5.74) is 0.233. The summed E-state index contributed by atoms with van der Waals surface area (Å²) in [6, 6.07) is 8.37. The van der Waals surface area contributed by atoms with Crippen LogP contribution in [0.3, 0.4) is 0 Å². The first-order valence-electron chi connectivity index (χ1n) is 8.39. The second-order valence-corrected chi connectivity index (χ2v) is 8.77. The molecule has 28 heavy (non-hydrogen) atoms. The lowest BCUT2D eigenvalue weighted by Crippen LogP contribution is -2.40. The quantitative estimate of drug-likeness (QED) is 0.765. The monoisotopic (exact) mass is 446 g/mol. The lowest BCUT2D eigenvalue weighted by molar-refractivity contribution is 0.0730. The van der Waals surface area contributed by atoms with Crippen molar-refractivity contribution in [3.63, 3.8) is 0 Å². The van der Waals surface area contributed by atoms with Crippen molar-refractivity contribution >= 4 is 39.1 Å². The summed E-state index contributed by atoms with van der Waals surface area (Å²) in [4.78, 5) is 12.3. The summed E-state index contributed by atoms with van der Waals surface area (Å²) >= 11 is 12.2. The van der Waals surface area contributed by atoms with Gasteiger partial charge in [-0.25, -0.2) is 12.8 Å². The van der Waals surface area contributed by atoms with E-state index < -0.39 is 21.7 Å². The lowest BCUT2D eigenvalue weighted by Gasteiger charge is -2.26. The SMILES string of the molecule is O=C(NCc1ccccc1F)c1cc(S(=O)(=O)N2CCOCC2)c(Cl)cc1Cl. The minimum atomic E-state index is -3.92. The molecule has 1 amide bonds. The normalized spacial score (nSPS) is 15.4. The van der Waals surface area contributed by atoms with E-state index in [4.69, 9.17) is 27.9 Å². The standard InChI is InChI=1S/C18H17Cl2FN2O4S/c19-14-10-15(20)17(28(25,26)23-5-7-27-8-6-23)9-13(14)18(24)22-11-12-3-1-2-4-16(12)21/h1-4,9-10H,5-8,11H2,(H,22,24). The number of nitrogens with zero attached hydrogens (tertiary/aromatic N) is 1. The highest BCUT2D eigenvalue weighted by Crippen LogP contribution is 2.31. The van der Waals surface area contributed by atoms with Crippen LogP contribution in [-0.2, 0) is 21.3 Å². The molecule has 6 nitrogen and oxygen atoms in total. The smallest absolute Gasteiger partial charge is 0.253 e. The van der Waals surface area contributed by atoms with E-state index in [2.05, 4.69) is 5.32 Å². The van der Waals surface area contributed by atoms with Gasteiger partial charge in [0, 0.05) is 25.2 Å². The Balaban J connectivity index is 1.86. The Labute approximate surface area is 172 Å². The van der Waals surface area contributed by atoms with Gasteiger partial charge < -0.3 is 10.1 Å². The van der Waals surface area contributed by atoms with Crippen LogP contribution >= 0.6 is 23.2 Å². The fourth-order valence-electron chi connectivity index (χ4n) is 2.74. The third-order valence-electron chi connectivity index (χ3n) is 4.25. The summed E-state index contributed by atoms with van der Waals surface area (Å²) in [5, 5.41) is 2.46. The molecule has 2 aromatic carbocycles. The Hall–Kier alpha value is -1.71. The first-order valence-corrected chi connectivity index (χ1v) is 10.6. The number of sulfonamides is 1. The first-order chi connectivity index (χ1) is 13.3. The van der Waals surface area contributed by atoms with Crippen molar-refractivity contribution < 1.29 is 22.3 Å². The molecular formula is C18H17Cl2FN2O4S. The average Bonchev–Trinajstić information content (AvgIpc) is 2.67. The van der Waals surface area contributed by atoms with Crippen LogP contribution in [0.4, 0.5) is 4.39 Å². The molecule has 0 saturated carbocycles. The van der Waals surface area contributed by atoms with Gasteiger partial charge in [0.15, 0.2) is 0 Å². The third kappa shape index (κ3) is 4.47. The van der Waals surface area contributed by atoms with E-state index in [1.165, 1.54) is 22.5 Å². The lowest BCUT2D eigenvalue weighted by atomic mass is 10.2.